The summed E-state index contributed by atoms with van der Waals surface area (Å²) in [6.45, 7) is 7.59. The van der Waals surface area contributed by atoms with Gasteiger partial charge in [-0.2, -0.15) is 0 Å². The fourth-order valence-electron chi connectivity index (χ4n) is 4.00. The van der Waals surface area contributed by atoms with E-state index >= 15 is 0 Å². The molecule has 0 unspecified atom stereocenters. The summed E-state index contributed by atoms with van der Waals surface area (Å²) in [5.74, 6) is 0.718. The lowest BCUT2D eigenvalue weighted by Crippen LogP contribution is -2.25. The summed E-state index contributed by atoms with van der Waals surface area (Å²) < 4.78 is 11.1. The van der Waals surface area contributed by atoms with Crippen molar-refractivity contribution in [2.24, 2.45) is 0 Å². The van der Waals surface area contributed by atoms with E-state index in [-0.39, 0.29) is 0 Å². The van der Waals surface area contributed by atoms with Gasteiger partial charge in [0.05, 0.1) is 12.3 Å². The fraction of sp³-hybridized carbons (Fsp3) is 0.280. The number of para-hydroxylation sites is 1. The van der Waals surface area contributed by atoms with Crippen LogP contribution in [-0.2, 0) is 11.3 Å². The SMILES string of the molecule is CCOc1ccccc1-c1ccc2c(c1)C=C(C(=O)O)CCN2Cc1c(C)noc1C. The monoisotopic (exact) mass is 418 g/mol. The Labute approximate surface area is 181 Å². The van der Waals surface area contributed by atoms with Crippen LogP contribution < -0.4 is 9.64 Å². The molecule has 1 N–H and O–H groups in total. The van der Waals surface area contributed by atoms with E-state index in [0.717, 1.165) is 45.1 Å². The Morgan fingerprint density at radius 1 is 1.23 bits per heavy atom. The third-order valence-electron chi connectivity index (χ3n) is 5.65. The minimum absolute atomic E-state index is 0.401. The molecule has 0 fully saturated rings. The number of carboxylic acids is 1. The van der Waals surface area contributed by atoms with E-state index in [1.54, 1.807) is 6.08 Å². The zero-order valence-electron chi connectivity index (χ0n) is 18.0. The van der Waals surface area contributed by atoms with E-state index in [1.165, 1.54) is 0 Å². The zero-order chi connectivity index (χ0) is 22.0. The molecule has 1 aromatic heterocycles. The van der Waals surface area contributed by atoms with Gasteiger partial charge in [0.1, 0.15) is 11.5 Å². The predicted octanol–water partition coefficient (Wildman–Crippen LogP) is 5.24. The highest BCUT2D eigenvalue weighted by Crippen LogP contribution is 2.36. The summed E-state index contributed by atoms with van der Waals surface area (Å²) in [7, 11) is 0. The molecule has 2 aromatic carbocycles. The normalized spacial score (nSPS) is 13.4. The topological polar surface area (TPSA) is 75.8 Å². The second kappa shape index (κ2) is 8.68. The van der Waals surface area contributed by atoms with Gasteiger partial charge in [0.25, 0.3) is 0 Å². The molecule has 3 aromatic rings. The molecule has 0 bridgehead atoms. The number of aliphatic carboxylic acids is 1. The van der Waals surface area contributed by atoms with Gasteiger partial charge >= 0.3 is 5.97 Å². The molecule has 0 atom stereocenters. The van der Waals surface area contributed by atoms with Gasteiger partial charge in [0.15, 0.2) is 0 Å². The number of aryl methyl sites for hydroxylation is 2. The molecule has 31 heavy (non-hydrogen) atoms. The van der Waals surface area contributed by atoms with Crippen LogP contribution >= 0.6 is 0 Å². The molecule has 0 aliphatic carbocycles. The van der Waals surface area contributed by atoms with E-state index in [0.29, 0.717) is 31.7 Å². The van der Waals surface area contributed by atoms with Gasteiger partial charge in [-0.25, -0.2) is 4.79 Å². The second-order valence-electron chi connectivity index (χ2n) is 7.65. The Balaban J connectivity index is 1.79. The highest BCUT2D eigenvalue weighted by atomic mass is 16.5. The van der Waals surface area contributed by atoms with Crippen molar-refractivity contribution in [3.8, 4) is 16.9 Å². The Morgan fingerprint density at radius 3 is 2.74 bits per heavy atom. The average Bonchev–Trinajstić information content (AvgIpc) is 2.97. The first-order chi connectivity index (χ1) is 15.0. The van der Waals surface area contributed by atoms with Gasteiger partial charge in [-0.1, -0.05) is 29.4 Å². The number of carbonyl (C=O) groups is 1. The van der Waals surface area contributed by atoms with Gasteiger partial charge in [-0.3, -0.25) is 0 Å². The van der Waals surface area contributed by atoms with Crippen molar-refractivity contribution in [3.63, 3.8) is 0 Å². The van der Waals surface area contributed by atoms with Crippen molar-refractivity contribution in [2.75, 3.05) is 18.1 Å². The van der Waals surface area contributed by atoms with Gasteiger partial charge in [-0.15, -0.1) is 0 Å². The molecule has 6 heteroatoms. The smallest absolute Gasteiger partial charge is 0.331 e. The fourth-order valence-corrected chi connectivity index (χ4v) is 4.00. The number of carboxylic acid groups (broad SMARTS) is 1. The van der Waals surface area contributed by atoms with Crippen LogP contribution in [0.15, 0.2) is 52.6 Å². The first kappa shape index (κ1) is 20.7. The van der Waals surface area contributed by atoms with Crippen LogP contribution in [0, 0.1) is 13.8 Å². The molecule has 0 radical (unpaired) electrons. The van der Waals surface area contributed by atoms with Crippen LogP contribution in [0.3, 0.4) is 0 Å². The van der Waals surface area contributed by atoms with Crippen LogP contribution in [-0.4, -0.2) is 29.4 Å². The number of fused-ring (bicyclic) bond motifs is 1. The van der Waals surface area contributed by atoms with Crippen molar-refractivity contribution in [3.05, 3.63) is 70.6 Å². The quantitative estimate of drug-likeness (QED) is 0.590. The van der Waals surface area contributed by atoms with E-state index in [4.69, 9.17) is 9.26 Å². The van der Waals surface area contributed by atoms with Crippen molar-refractivity contribution in [2.45, 2.75) is 33.7 Å². The number of ether oxygens (including phenoxy) is 1. The Kier molecular flexibility index (Phi) is 5.80. The number of hydrogen-bond acceptors (Lipinski definition) is 5. The van der Waals surface area contributed by atoms with E-state index in [9.17, 15) is 9.90 Å². The number of benzene rings is 2. The zero-order valence-corrected chi connectivity index (χ0v) is 18.0. The summed E-state index contributed by atoms with van der Waals surface area (Å²) in [4.78, 5) is 14.0. The highest BCUT2D eigenvalue weighted by molar-refractivity contribution is 5.94. The molecule has 0 spiro atoms. The first-order valence-electron chi connectivity index (χ1n) is 10.4. The van der Waals surface area contributed by atoms with Crippen molar-refractivity contribution in [1.82, 2.24) is 5.16 Å². The average molecular weight is 418 g/mol. The summed E-state index contributed by atoms with van der Waals surface area (Å²) >= 11 is 0. The summed E-state index contributed by atoms with van der Waals surface area (Å²) in [5.41, 5.74) is 6.14. The molecule has 0 amide bonds. The van der Waals surface area contributed by atoms with Crippen LogP contribution in [0.2, 0.25) is 0 Å². The number of anilines is 1. The maximum absolute atomic E-state index is 11.8. The third kappa shape index (κ3) is 4.19. The molecule has 1 aliphatic heterocycles. The lowest BCUT2D eigenvalue weighted by atomic mass is 9.99. The largest absolute Gasteiger partial charge is 0.493 e. The predicted molar refractivity (Wildman–Crippen MR) is 120 cm³/mol. The van der Waals surface area contributed by atoms with Crippen LogP contribution in [0.25, 0.3) is 17.2 Å². The summed E-state index contributed by atoms with van der Waals surface area (Å²) in [5, 5.41) is 13.8. The Hall–Kier alpha value is -3.54. The van der Waals surface area contributed by atoms with E-state index < -0.39 is 5.97 Å². The van der Waals surface area contributed by atoms with E-state index in [2.05, 4.69) is 22.2 Å². The van der Waals surface area contributed by atoms with E-state index in [1.807, 2.05) is 51.1 Å². The first-order valence-corrected chi connectivity index (χ1v) is 10.4. The molecule has 1 aliphatic rings. The van der Waals surface area contributed by atoms with Crippen LogP contribution in [0.1, 0.15) is 35.9 Å². The Bertz CT molecular complexity index is 1130. The molecular weight excluding hydrogens is 392 g/mol. The lowest BCUT2D eigenvalue weighted by molar-refractivity contribution is -0.132. The third-order valence-corrected chi connectivity index (χ3v) is 5.65. The maximum Gasteiger partial charge on any atom is 0.331 e. The van der Waals surface area contributed by atoms with Crippen molar-refractivity contribution >= 4 is 17.7 Å². The molecule has 0 saturated carbocycles. The van der Waals surface area contributed by atoms with Crippen molar-refractivity contribution in [1.29, 1.82) is 0 Å². The molecule has 0 saturated heterocycles. The molecular formula is C25H26N2O4. The highest BCUT2D eigenvalue weighted by Gasteiger charge is 2.22. The van der Waals surface area contributed by atoms with Crippen LogP contribution in [0.5, 0.6) is 5.75 Å². The molecule has 2 heterocycles. The van der Waals surface area contributed by atoms with Crippen molar-refractivity contribution < 1.29 is 19.2 Å². The molecule has 160 valence electrons. The Morgan fingerprint density at radius 2 is 2.03 bits per heavy atom. The maximum atomic E-state index is 11.8. The van der Waals surface area contributed by atoms with Crippen LogP contribution in [0.4, 0.5) is 5.69 Å². The number of nitrogens with zero attached hydrogens (tertiary/aromatic N) is 2. The van der Waals surface area contributed by atoms with Gasteiger partial charge in [-0.05, 0) is 62.6 Å². The number of aromatic nitrogens is 1. The number of hydrogen-bond donors (Lipinski definition) is 1. The lowest BCUT2D eigenvalue weighted by Gasteiger charge is -2.25. The minimum Gasteiger partial charge on any atom is -0.493 e. The standard InChI is InChI=1S/C25H26N2O4/c1-4-30-24-8-6-5-7-21(24)18-9-10-23-20(13-18)14-19(25(28)29)11-12-27(23)15-22-16(2)26-31-17(22)3/h5-10,13-14H,4,11-12,15H2,1-3H3,(H,28,29). The minimum atomic E-state index is -0.884. The number of rotatable bonds is 6. The van der Waals surface area contributed by atoms with Gasteiger partial charge in [0, 0.05) is 35.5 Å². The summed E-state index contributed by atoms with van der Waals surface area (Å²) in [6, 6.07) is 14.1. The van der Waals surface area contributed by atoms with Gasteiger partial charge < -0.3 is 19.3 Å². The summed E-state index contributed by atoms with van der Waals surface area (Å²) in [6.07, 6.45) is 2.25. The molecule has 6 nitrogen and oxygen atoms in total. The van der Waals surface area contributed by atoms with Gasteiger partial charge in [0.2, 0.25) is 0 Å². The second-order valence-corrected chi connectivity index (χ2v) is 7.65. The molecule has 4 rings (SSSR count).